The predicted octanol–water partition coefficient (Wildman–Crippen LogP) is 0.429. The van der Waals surface area contributed by atoms with Gasteiger partial charge in [-0.3, -0.25) is 4.79 Å². The molecule has 1 aromatic heterocycles. The van der Waals surface area contributed by atoms with Crippen molar-refractivity contribution in [1.29, 1.82) is 0 Å². The number of carbonyl (C=O) groups excluding carboxylic acids is 1. The van der Waals surface area contributed by atoms with Crippen LogP contribution in [0.5, 0.6) is 0 Å². The van der Waals surface area contributed by atoms with Crippen molar-refractivity contribution in [3.8, 4) is 0 Å². The average molecular weight is 276 g/mol. The van der Waals surface area contributed by atoms with Crippen LogP contribution in [-0.4, -0.2) is 57.7 Å². The summed E-state index contributed by atoms with van der Waals surface area (Å²) < 4.78 is 0. The first-order chi connectivity index (χ1) is 9.75. The number of aromatic nitrogens is 2. The van der Waals surface area contributed by atoms with Crippen LogP contribution in [0.3, 0.4) is 0 Å². The minimum absolute atomic E-state index is 0.105. The van der Waals surface area contributed by atoms with Gasteiger partial charge >= 0.3 is 0 Å². The Morgan fingerprint density at radius 1 is 1.20 bits per heavy atom. The molecule has 6 nitrogen and oxygen atoms in total. The molecule has 108 valence electrons. The van der Waals surface area contributed by atoms with E-state index in [1.54, 1.807) is 23.4 Å². The Bertz CT molecular complexity index is 468. The maximum atomic E-state index is 12.6. The molecule has 2 fully saturated rings. The van der Waals surface area contributed by atoms with Gasteiger partial charge in [0.1, 0.15) is 6.04 Å². The molecular weight excluding hydrogens is 256 g/mol. The van der Waals surface area contributed by atoms with E-state index in [1.807, 2.05) is 4.90 Å². The zero-order valence-corrected chi connectivity index (χ0v) is 11.5. The molecule has 0 spiro atoms. The van der Waals surface area contributed by atoms with E-state index < -0.39 is 0 Å². The smallest absolute Gasteiger partial charge is 0.245 e. The lowest BCUT2D eigenvalue weighted by Gasteiger charge is -2.34. The molecule has 0 aromatic carbocycles. The SMILES string of the molecule is O=C([C@H]1CCCN1c1ncccn1)N1CCC[C@@H](O)C1. The molecule has 2 aliphatic rings. The first kappa shape index (κ1) is 13.3. The minimum Gasteiger partial charge on any atom is -0.391 e. The zero-order chi connectivity index (χ0) is 13.9. The third-order valence-electron chi connectivity index (χ3n) is 4.06. The number of rotatable bonds is 2. The van der Waals surface area contributed by atoms with Gasteiger partial charge in [0.05, 0.1) is 6.10 Å². The second kappa shape index (κ2) is 5.75. The minimum atomic E-state index is -0.379. The Kier molecular flexibility index (Phi) is 3.82. The van der Waals surface area contributed by atoms with Crippen LogP contribution < -0.4 is 4.90 Å². The van der Waals surface area contributed by atoms with Crippen LogP contribution in [0.2, 0.25) is 0 Å². The first-order valence-electron chi connectivity index (χ1n) is 7.26. The van der Waals surface area contributed by atoms with Crippen LogP contribution in [0.25, 0.3) is 0 Å². The van der Waals surface area contributed by atoms with E-state index in [1.165, 1.54) is 0 Å². The van der Waals surface area contributed by atoms with Crippen LogP contribution in [0.15, 0.2) is 18.5 Å². The van der Waals surface area contributed by atoms with E-state index >= 15 is 0 Å². The van der Waals surface area contributed by atoms with Crippen molar-refractivity contribution in [1.82, 2.24) is 14.9 Å². The third-order valence-corrected chi connectivity index (χ3v) is 4.06. The van der Waals surface area contributed by atoms with Crippen molar-refractivity contribution >= 4 is 11.9 Å². The molecule has 0 aliphatic carbocycles. The highest BCUT2D eigenvalue weighted by molar-refractivity contribution is 5.85. The molecule has 1 N–H and O–H groups in total. The largest absolute Gasteiger partial charge is 0.391 e. The monoisotopic (exact) mass is 276 g/mol. The molecule has 6 heteroatoms. The third kappa shape index (κ3) is 2.60. The molecule has 1 aromatic rings. The van der Waals surface area contributed by atoms with Crippen molar-refractivity contribution in [3.05, 3.63) is 18.5 Å². The van der Waals surface area contributed by atoms with Crippen LogP contribution in [-0.2, 0) is 4.79 Å². The maximum absolute atomic E-state index is 12.6. The number of aliphatic hydroxyl groups is 1. The molecule has 2 saturated heterocycles. The molecule has 20 heavy (non-hydrogen) atoms. The van der Waals surface area contributed by atoms with E-state index in [-0.39, 0.29) is 18.1 Å². The van der Waals surface area contributed by atoms with Crippen LogP contribution in [0.4, 0.5) is 5.95 Å². The van der Waals surface area contributed by atoms with Crippen molar-refractivity contribution in [3.63, 3.8) is 0 Å². The average Bonchev–Trinajstić information content (AvgIpc) is 2.97. The number of likely N-dealkylation sites (tertiary alicyclic amines) is 1. The number of anilines is 1. The molecule has 0 bridgehead atoms. The Balaban J connectivity index is 1.73. The topological polar surface area (TPSA) is 69.6 Å². The highest BCUT2D eigenvalue weighted by atomic mass is 16.3. The summed E-state index contributed by atoms with van der Waals surface area (Å²) in [7, 11) is 0. The Hall–Kier alpha value is -1.69. The first-order valence-corrected chi connectivity index (χ1v) is 7.26. The van der Waals surface area contributed by atoms with Gasteiger partial charge < -0.3 is 14.9 Å². The fourth-order valence-electron chi connectivity index (χ4n) is 3.07. The van der Waals surface area contributed by atoms with Gasteiger partial charge in [-0.2, -0.15) is 0 Å². The Morgan fingerprint density at radius 2 is 1.95 bits per heavy atom. The summed E-state index contributed by atoms with van der Waals surface area (Å²) in [5.74, 6) is 0.731. The van der Waals surface area contributed by atoms with Gasteiger partial charge in [0.2, 0.25) is 11.9 Å². The second-order valence-electron chi connectivity index (χ2n) is 5.48. The van der Waals surface area contributed by atoms with Gasteiger partial charge in [-0.15, -0.1) is 0 Å². The van der Waals surface area contributed by atoms with E-state index in [4.69, 9.17) is 0 Å². The van der Waals surface area contributed by atoms with Gasteiger partial charge in [0.25, 0.3) is 0 Å². The van der Waals surface area contributed by atoms with Crippen LogP contribution in [0, 0.1) is 0 Å². The fourth-order valence-corrected chi connectivity index (χ4v) is 3.07. The van der Waals surface area contributed by atoms with Crippen LogP contribution in [0.1, 0.15) is 25.7 Å². The molecule has 0 saturated carbocycles. The van der Waals surface area contributed by atoms with E-state index in [2.05, 4.69) is 9.97 Å². The summed E-state index contributed by atoms with van der Waals surface area (Å²) in [6.07, 6.45) is 6.51. The molecule has 1 amide bonds. The summed E-state index contributed by atoms with van der Waals surface area (Å²) in [5, 5.41) is 9.72. The molecule has 3 rings (SSSR count). The zero-order valence-electron chi connectivity index (χ0n) is 11.5. The van der Waals surface area contributed by atoms with Gasteiger partial charge in [-0.05, 0) is 31.7 Å². The molecule has 2 aliphatic heterocycles. The van der Waals surface area contributed by atoms with Crippen molar-refractivity contribution < 1.29 is 9.90 Å². The lowest BCUT2D eigenvalue weighted by Crippen LogP contribution is -2.50. The number of aliphatic hydroxyl groups excluding tert-OH is 1. The van der Waals surface area contributed by atoms with Gasteiger partial charge in [0.15, 0.2) is 0 Å². The fraction of sp³-hybridized carbons (Fsp3) is 0.643. The van der Waals surface area contributed by atoms with Gasteiger partial charge in [-0.25, -0.2) is 9.97 Å². The van der Waals surface area contributed by atoms with E-state index in [0.717, 1.165) is 38.8 Å². The quantitative estimate of drug-likeness (QED) is 0.848. The summed E-state index contributed by atoms with van der Waals surface area (Å²) >= 11 is 0. The number of β-amino-alcohol motifs (C(OH)–C–C–N with tert-alkyl or cyclic N) is 1. The van der Waals surface area contributed by atoms with Crippen molar-refractivity contribution in [2.24, 2.45) is 0 Å². The predicted molar refractivity (Wildman–Crippen MR) is 74.2 cm³/mol. The Labute approximate surface area is 118 Å². The lowest BCUT2D eigenvalue weighted by atomic mass is 10.1. The molecular formula is C14H20N4O2. The second-order valence-corrected chi connectivity index (χ2v) is 5.48. The molecule has 0 radical (unpaired) electrons. The molecule has 3 heterocycles. The number of hydrogen-bond donors (Lipinski definition) is 1. The molecule has 0 unspecified atom stereocenters. The lowest BCUT2D eigenvalue weighted by molar-refractivity contribution is -0.135. The summed E-state index contributed by atoms with van der Waals surface area (Å²) in [6, 6.07) is 1.60. The number of nitrogens with zero attached hydrogens (tertiary/aromatic N) is 4. The van der Waals surface area contributed by atoms with E-state index in [9.17, 15) is 9.90 Å². The standard InChI is InChI=1S/C14H20N4O2/c19-11-4-1-8-17(10-11)13(20)12-5-2-9-18(12)14-15-6-3-7-16-14/h3,6-7,11-12,19H,1-2,4-5,8-10H2/t11-,12-/m1/s1. The Morgan fingerprint density at radius 3 is 2.70 bits per heavy atom. The van der Waals surface area contributed by atoms with Gasteiger partial charge in [-0.1, -0.05) is 0 Å². The van der Waals surface area contributed by atoms with Gasteiger partial charge in [0, 0.05) is 32.0 Å². The highest BCUT2D eigenvalue weighted by Crippen LogP contribution is 2.24. The van der Waals surface area contributed by atoms with Crippen molar-refractivity contribution in [2.45, 2.75) is 37.8 Å². The number of hydrogen-bond acceptors (Lipinski definition) is 5. The van der Waals surface area contributed by atoms with E-state index in [0.29, 0.717) is 12.5 Å². The highest BCUT2D eigenvalue weighted by Gasteiger charge is 2.36. The maximum Gasteiger partial charge on any atom is 0.245 e. The summed E-state index contributed by atoms with van der Waals surface area (Å²) in [6.45, 7) is 2.02. The summed E-state index contributed by atoms with van der Waals surface area (Å²) in [5.41, 5.74) is 0. The molecule has 2 atom stereocenters. The van der Waals surface area contributed by atoms with Crippen LogP contribution >= 0.6 is 0 Å². The number of amides is 1. The normalized spacial score (nSPS) is 26.9. The summed E-state index contributed by atoms with van der Waals surface area (Å²) in [4.78, 5) is 24.9. The van der Waals surface area contributed by atoms with Crippen molar-refractivity contribution in [2.75, 3.05) is 24.5 Å². The number of piperidine rings is 1. The number of carbonyl (C=O) groups is 1.